The van der Waals surface area contributed by atoms with Gasteiger partial charge in [0.05, 0.1) is 6.26 Å². The molecular formula is C22H30N4O2. The highest BCUT2D eigenvalue weighted by Crippen LogP contribution is 2.23. The van der Waals surface area contributed by atoms with E-state index in [1.54, 1.807) is 12.1 Å². The minimum Gasteiger partial charge on any atom is -0.459 e. The number of amides is 1. The van der Waals surface area contributed by atoms with Gasteiger partial charge in [-0.1, -0.05) is 26.0 Å². The summed E-state index contributed by atoms with van der Waals surface area (Å²) in [5, 5.41) is 6.29. The van der Waals surface area contributed by atoms with E-state index in [9.17, 15) is 4.79 Å². The number of aliphatic imine (C=N–C) groups is 1. The van der Waals surface area contributed by atoms with Crippen LogP contribution in [0.1, 0.15) is 42.8 Å². The average molecular weight is 383 g/mol. The maximum atomic E-state index is 12.0. The first kappa shape index (κ1) is 20.0. The fraction of sp³-hybridized carbons (Fsp3) is 0.455. The van der Waals surface area contributed by atoms with Crippen LogP contribution in [-0.4, -0.2) is 36.9 Å². The fourth-order valence-electron chi connectivity index (χ4n) is 3.70. The smallest absolute Gasteiger partial charge is 0.291 e. The Balaban J connectivity index is 1.49. The summed E-state index contributed by atoms with van der Waals surface area (Å²) in [6.07, 6.45) is 4.00. The molecule has 0 saturated carbocycles. The molecule has 3 rings (SSSR count). The lowest BCUT2D eigenvalue weighted by atomic mass is 9.97. The molecule has 1 saturated heterocycles. The maximum Gasteiger partial charge on any atom is 0.291 e. The van der Waals surface area contributed by atoms with Gasteiger partial charge in [-0.3, -0.25) is 9.79 Å². The Morgan fingerprint density at radius 1 is 1.29 bits per heavy atom. The number of likely N-dealkylation sites (tertiary alicyclic amines) is 1. The normalized spacial score (nSPS) is 17.2. The molecule has 0 bridgehead atoms. The highest BCUT2D eigenvalue weighted by Gasteiger charge is 2.25. The molecule has 6 nitrogen and oxygen atoms in total. The van der Waals surface area contributed by atoms with Crippen molar-refractivity contribution in [1.29, 1.82) is 0 Å². The van der Waals surface area contributed by atoms with Gasteiger partial charge in [0.15, 0.2) is 11.7 Å². The van der Waals surface area contributed by atoms with Gasteiger partial charge in [0.1, 0.15) is 0 Å². The topological polar surface area (TPSA) is 69.9 Å². The summed E-state index contributed by atoms with van der Waals surface area (Å²) in [7, 11) is 1.84. The summed E-state index contributed by atoms with van der Waals surface area (Å²) < 4.78 is 5.11. The van der Waals surface area contributed by atoms with E-state index in [4.69, 9.17) is 4.42 Å². The quantitative estimate of drug-likeness (QED) is 0.586. The number of guanidine groups is 1. The lowest BCUT2D eigenvalue weighted by Gasteiger charge is -2.22. The number of furan rings is 1. The second-order valence-electron chi connectivity index (χ2n) is 7.76. The number of carbonyl (C=O) groups is 1. The van der Waals surface area contributed by atoms with Gasteiger partial charge < -0.3 is 20.0 Å². The molecule has 2 aromatic rings. The second-order valence-corrected chi connectivity index (χ2v) is 7.76. The van der Waals surface area contributed by atoms with Crippen LogP contribution in [0.25, 0.3) is 0 Å². The maximum absolute atomic E-state index is 12.0. The zero-order chi connectivity index (χ0) is 19.9. The van der Waals surface area contributed by atoms with Crippen molar-refractivity contribution in [2.24, 2.45) is 16.8 Å². The zero-order valence-electron chi connectivity index (χ0n) is 16.9. The predicted octanol–water partition coefficient (Wildman–Crippen LogP) is 3.98. The van der Waals surface area contributed by atoms with Gasteiger partial charge in [-0.05, 0) is 54.5 Å². The van der Waals surface area contributed by atoms with Crippen molar-refractivity contribution >= 4 is 17.6 Å². The van der Waals surface area contributed by atoms with Crippen molar-refractivity contribution < 1.29 is 9.21 Å². The third-order valence-electron chi connectivity index (χ3n) is 5.01. The van der Waals surface area contributed by atoms with Crippen molar-refractivity contribution in [2.45, 2.75) is 33.2 Å². The van der Waals surface area contributed by atoms with E-state index < -0.39 is 0 Å². The first-order valence-electron chi connectivity index (χ1n) is 9.94. The van der Waals surface area contributed by atoms with Gasteiger partial charge in [0, 0.05) is 32.4 Å². The van der Waals surface area contributed by atoms with E-state index in [2.05, 4.69) is 34.4 Å². The number of nitrogens with zero attached hydrogens (tertiary/aromatic N) is 2. The van der Waals surface area contributed by atoms with Crippen LogP contribution < -0.4 is 10.6 Å². The van der Waals surface area contributed by atoms with Crippen LogP contribution in [-0.2, 0) is 6.54 Å². The van der Waals surface area contributed by atoms with Crippen LogP contribution in [0.2, 0.25) is 0 Å². The zero-order valence-corrected chi connectivity index (χ0v) is 16.9. The van der Waals surface area contributed by atoms with E-state index in [-0.39, 0.29) is 5.91 Å². The molecule has 28 heavy (non-hydrogen) atoms. The monoisotopic (exact) mass is 382 g/mol. The molecule has 2 N–H and O–H groups in total. The largest absolute Gasteiger partial charge is 0.459 e. The van der Waals surface area contributed by atoms with Gasteiger partial charge >= 0.3 is 0 Å². The van der Waals surface area contributed by atoms with E-state index >= 15 is 0 Å². The van der Waals surface area contributed by atoms with Crippen LogP contribution in [0.5, 0.6) is 0 Å². The Bertz CT molecular complexity index is 781. The first-order valence-corrected chi connectivity index (χ1v) is 9.94. The third kappa shape index (κ3) is 5.38. The molecule has 1 aromatic carbocycles. The molecule has 1 aromatic heterocycles. The molecule has 150 valence electrons. The summed E-state index contributed by atoms with van der Waals surface area (Å²) in [6, 6.07) is 11.1. The number of nitrogens with one attached hydrogen (secondary N) is 2. The van der Waals surface area contributed by atoms with Gasteiger partial charge in [-0.25, -0.2) is 0 Å². The molecule has 1 fully saturated rings. The van der Waals surface area contributed by atoms with Crippen LogP contribution >= 0.6 is 0 Å². The molecule has 2 heterocycles. The molecule has 1 aliphatic rings. The van der Waals surface area contributed by atoms with Crippen molar-refractivity contribution in [3.63, 3.8) is 0 Å². The SMILES string of the molecule is CN=C(NCc1ccc(NC(=O)c2ccco2)cc1)N1CCC(CC(C)C)C1. The molecule has 0 spiro atoms. The number of anilines is 1. The Labute approximate surface area is 167 Å². The molecule has 1 amide bonds. The minimum absolute atomic E-state index is 0.249. The average Bonchev–Trinajstić information content (AvgIpc) is 3.35. The van der Waals surface area contributed by atoms with Gasteiger partial charge in [-0.15, -0.1) is 0 Å². The highest BCUT2D eigenvalue weighted by molar-refractivity contribution is 6.02. The standard InChI is InChI=1S/C22H30N4O2/c1-16(2)13-18-10-11-26(15-18)22(23-3)24-14-17-6-8-19(9-7-17)25-21(27)20-5-4-12-28-20/h4-9,12,16,18H,10-11,13-15H2,1-3H3,(H,23,24)(H,25,27). The molecule has 1 unspecified atom stereocenters. The van der Waals surface area contributed by atoms with Gasteiger partial charge in [-0.2, -0.15) is 0 Å². The predicted molar refractivity (Wildman–Crippen MR) is 112 cm³/mol. The number of benzene rings is 1. The van der Waals surface area contributed by atoms with Crippen LogP contribution in [0.4, 0.5) is 5.69 Å². The summed E-state index contributed by atoms with van der Waals surface area (Å²) in [6.45, 7) is 7.42. The van der Waals surface area contributed by atoms with E-state index in [0.717, 1.165) is 42.1 Å². The summed E-state index contributed by atoms with van der Waals surface area (Å²) in [5.41, 5.74) is 1.88. The summed E-state index contributed by atoms with van der Waals surface area (Å²) >= 11 is 0. The van der Waals surface area contributed by atoms with E-state index in [1.165, 1.54) is 19.1 Å². The molecule has 6 heteroatoms. The number of hydrogen-bond donors (Lipinski definition) is 2. The third-order valence-corrected chi connectivity index (χ3v) is 5.01. The highest BCUT2D eigenvalue weighted by atomic mass is 16.3. The van der Waals surface area contributed by atoms with Crippen molar-refractivity contribution in [2.75, 3.05) is 25.5 Å². The minimum atomic E-state index is -0.249. The molecule has 1 aliphatic heterocycles. The van der Waals surface area contributed by atoms with Crippen LogP contribution in [0.15, 0.2) is 52.1 Å². The Kier molecular flexibility index (Phi) is 6.74. The lowest BCUT2D eigenvalue weighted by molar-refractivity contribution is 0.0996. The van der Waals surface area contributed by atoms with Crippen molar-refractivity contribution in [3.05, 3.63) is 54.0 Å². The van der Waals surface area contributed by atoms with Crippen molar-refractivity contribution in [3.8, 4) is 0 Å². The number of hydrogen-bond acceptors (Lipinski definition) is 3. The summed E-state index contributed by atoms with van der Waals surface area (Å²) in [4.78, 5) is 18.8. The fourth-order valence-corrected chi connectivity index (χ4v) is 3.70. The van der Waals surface area contributed by atoms with Crippen molar-refractivity contribution in [1.82, 2.24) is 10.2 Å². The van der Waals surface area contributed by atoms with Crippen LogP contribution in [0, 0.1) is 11.8 Å². The molecular weight excluding hydrogens is 352 g/mol. The number of rotatable bonds is 6. The second kappa shape index (κ2) is 9.44. The van der Waals surface area contributed by atoms with Gasteiger partial charge in [0.2, 0.25) is 0 Å². The lowest BCUT2D eigenvalue weighted by Crippen LogP contribution is -2.39. The first-order chi connectivity index (χ1) is 13.5. The number of carbonyl (C=O) groups excluding carboxylic acids is 1. The van der Waals surface area contributed by atoms with Crippen LogP contribution in [0.3, 0.4) is 0 Å². The Hall–Kier alpha value is -2.76. The van der Waals surface area contributed by atoms with E-state index in [0.29, 0.717) is 12.3 Å². The summed E-state index contributed by atoms with van der Waals surface area (Å²) in [5.74, 6) is 2.51. The van der Waals surface area contributed by atoms with Gasteiger partial charge in [0.25, 0.3) is 5.91 Å². The molecule has 0 aliphatic carbocycles. The van der Waals surface area contributed by atoms with E-state index in [1.807, 2.05) is 31.3 Å². The molecule has 0 radical (unpaired) electrons. The molecule has 1 atom stereocenters. The Morgan fingerprint density at radius 3 is 2.71 bits per heavy atom. The Morgan fingerprint density at radius 2 is 2.07 bits per heavy atom.